The van der Waals surface area contributed by atoms with Gasteiger partial charge < -0.3 is 9.47 Å². The molecular weight excluding hydrogens is 424 g/mol. The fraction of sp³-hybridized carbons (Fsp3) is 0.800. The van der Waals surface area contributed by atoms with Gasteiger partial charge in [-0.3, -0.25) is 0 Å². The van der Waals surface area contributed by atoms with Gasteiger partial charge in [0.25, 0.3) is 0 Å². The van der Waals surface area contributed by atoms with Gasteiger partial charge in [0.05, 0.1) is 7.11 Å². The number of allylic oxidation sites excluding steroid dienone is 1. The van der Waals surface area contributed by atoms with Crippen molar-refractivity contribution >= 4 is 11.9 Å². The highest BCUT2D eigenvalue weighted by atomic mass is 16.5. The summed E-state index contributed by atoms with van der Waals surface area (Å²) in [5.74, 6) is -0.346. The third-order valence-electron chi connectivity index (χ3n) is 6.20. The van der Waals surface area contributed by atoms with E-state index in [0.29, 0.717) is 0 Å². The Labute approximate surface area is 210 Å². The molecule has 0 unspecified atom stereocenters. The summed E-state index contributed by atoms with van der Waals surface area (Å²) in [6.45, 7) is 30.2. The number of rotatable bonds is 4. The Hall–Kier alpha value is -1.58. The molecule has 198 valence electrons. The van der Waals surface area contributed by atoms with Gasteiger partial charge in [-0.05, 0) is 52.9 Å². The molecule has 0 heterocycles. The van der Waals surface area contributed by atoms with E-state index in [2.05, 4.69) is 94.4 Å². The summed E-state index contributed by atoms with van der Waals surface area (Å²) in [6.07, 6.45) is 6.82. The van der Waals surface area contributed by atoms with Crippen LogP contribution < -0.4 is 0 Å². The van der Waals surface area contributed by atoms with Crippen molar-refractivity contribution in [2.75, 3.05) is 7.11 Å². The Morgan fingerprint density at radius 2 is 1.21 bits per heavy atom. The predicted octanol–water partition coefficient (Wildman–Crippen LogP) is 8.30. The third kappa shape index (κ3) is 10.4. The van der Waals surface area contributed by atoms with Crippen molar-refractivity contribution in [1.29, 1.82) is 0 Å². The number of esters is 2. The largest absolute Gasteiger partial charge is 0.466 e. The summed E-state index contributed by atoms with van der Waals surface area (Å²) in [6, 6.07) is 0. The quantitative estimate of drug-likeness (QED) is 0.301. The summed E-state index contributed by atoms with van der Waals surface area (Å²) in [5, 5.41) is 0. The van der Waals surface area contributed by atoms with Crippen LogP contribution in [0.15, 0.2) is 23.8 Å². The molecule has 1 aliphatic rings. The molecule has 1 saturated carbocycles. The zero-order valence-electron chi connectivity index (χ0n) is 24.6. The molecule has 4 heteroatoms. The van der Waals surface area contributed by atoms with E-state index in [0.717, 1.165) is 24.5 Å². The predicted molar refractivity (Wildman–Crippen MR) is 144 cm³/mol. The molecule has 0 aromatic carbocycles. The first-order valence-electron chi connectivity index (χ1n) is 12.8. The third-order valence-corrected chi connectivity index (χ3v) is 6.20. The van der Waals surface area contributed by atoms with E-state index in [9.17, 15) is 9.59 Å². The van der Waals surface area contributed by atoms with Crippen LogP contribution in [-0.2, 0) is 19.1 Å². The molecule has 1 aliphatic carbocycles. The fourth-order valence-electron chi connectivity index (χ4n) is 5.94. The Morgan fingerprint density at radius 3 is 1.47 bits per heavy atom. The van der Waals surface area contributed by atoms with Crippen LogP contribution in [0.4, 0.5) is 0 Å². The Balaban J connectivity index is 0.00000160. The van der Waals surface area contributed by atoms with Crippen molar-refractivity contribution in [3.63, 3.8) is 0 Å². The van der Waals surface area contributed by atoms with Crippen molar-refractivity contribution in [2.24, 2.45) is 27.6 Å². The maximum Gasteiger partial charge on any atom is 0.334 e. The monoisotopic (exact) mass is 478 g/mol. The van der Waals surface area contributed by atoms with Gasteiger partial charge in [-0.2, -0.15) is 0 Å². The Morgan fingerprint density at radius 1 is 0.794 bits per heavy atom. The minimum atomic E-state index is -0.394. The number of carbonyl (C=O) groups is 2. The molecule has 0 atom stereocenters. The van der Waals surface area contributed by atoms with Gasteiger partial charge in [0.1, 0.15) is 6.10 Å². The molecule has 1 rings (SSSR count). The number of carbonyl (C=O) groups excluding carboxylic acids is 2. The van der Waals surface area contributed by atoms with Crippen LogP contribution in [0.3, 0.4) is 0 Å². The second-order valence-corrected chi connectivity index (χ2v) is 13.8. The van der Waals surface area contributed by atoms with Crippen molar-refractivity contribution in [3.05, 3.63) is 23.8 Å². The molecule has 0 aromatic rings. The van der Waals surface area contributed by atoms with Crippen LogP contribution in [0.1, 0.15) is 115 Å². The second-order valence-electron chi connectivity index (χ2n) is 13.8. The van der Waals surface area contributed by atoms with Gasteiger partial charge >= 0.3 is 11.9 Å². The van der Waals surface area contributed by atoms with E-state index in [-0.39, 0.29) is 39.7 Å². The first kappa shape index (κ1) is 32.4. The van der Waals surface area contributed by atoms with Gasteiger partial charge in [0.2, 0.25) is 0 Å². The summed E-state index contributed by atoms with van der Waals surface area (Å²) in [4.78, 5) is 23.6. The van der Waals surface area contributed by atoms with Crippen LogP contribution in [0.2, 0.25) is 0 Å². The first-order valence-corrected chi connectivity index (χ1v) is 12.8. The van der Waals surface area contributed by atoms with Crippen molar-refractivity contribution < 1.29 is 19.1 Å². The lowest BCUT2D eigenvalue weighted by Gasteiger charge is -2.46. The molecule has 0 amide bonds. The molecule has 1 fully saturated rings. The van der Waals surface area contributed by atoms with Gasteiger partial charge in [0, 0.05) is 17.6 Å². The zero-order chi connectivity index (χ0) is 27.1. The van der Waals surface area contributed by atoms with E-state index in [1.54, 1.807) is 0 Å². The number of hydrogen-bond donors (Lipinski definition) is 0. The smallest absolute Gasteiger partial charge is 0.334 e. The normalized spacial score (nSPS) is 15.7. The summed E-state index contributed by atoms with van der Waals surface area (Å²) in [7, 11) is 1.31. The lowest BCUT2D eigenvalue weighted by molar-refractivity contribution is -0.148. The molecule has 0 radical (unpaired) electrons. The Kier molecular flexibility index (Phi) is 11.8. The number of hydrogen-bond acceptors (Lipinski definition) is 4. The van der Waals surface area contributed by atoms with Crippen molar-refractivity contribution in [3.8, 4) is 0 Å². The molecule has 4 nitrogen and oxygen atoms in total. The maximum absolute atomic E-state index is 13.8. The van der Waals surface area contributed by atoms with Crippen LogP contribution in [-0.4, -0.2) is 25.2 Å². The average molecular weight is 479 g/mol. The molecule has 0 spiro atoms. The van der Waals surface area contributed by atoms with Crippen LogP contribution in [0.5, 0.6) is 0 Å². The maximum atomic E-state index is 13.8. The van der Waals surface area contributed by atoms with Crippen LogP contribution in [0.25, 0.3) is 0 Å². The summed E-state index contributed by atoms with van der Waals surface area (Å²) < 4.78 is 10.3. The summed E-state index contributed by atoms with van der Waals surface area (Å²) >= 11 is 0. The van der Waals surface area contributed by atoms with Gasteiger partial charge in [-0.15, -0.1) is 0 Å². The molecule has 0 bridgehead atoms. The Bertz CT molecular complexity index is 679. The van der Waals surface area contributed by atoms with Gasteiger partial charge in [-0.1, -0.05) is 96.1 Å². The van der Waals surface area contributed by atoms with E-state index < -0.39 is 5.97 Å². The molecule has 0 aliphatic heterocycles. The van der Waals surface area contributed by atoms with Crippen LogP contribution >= 0.6 is 0 Å². The van der Waals surface area contributed by atoms with E-state index in [1.807, 2.05) is 0 Å². The van der Waals surface area contributed by atoms with Gasteiger partial charge in [-0.25, -0.2) is 9.59 Å². The second kappa shape index (κ2) is 12.4. The van der Waals surface area contributed by atoms with E-state index in [4.69, 9.17) is 4.74 Å². The van der Waals surface area contributed by atoms with Crippen molar-refractivity contribution in [2.45, 2.75) is 121 Å². The SMILES string of the molecule is C=CC(=O)OC.CC(C)(C)C(=C(C(=O)OC1CCCCC1)C(C(C)(C)C)C(C)(C)C)C(C)(C)C. The topological polar surface area (TPSA) is 52.6 Å². The first-order chi connectivity index (χ1) is 15.2. The van der Waals surface area contributed by atoms with Gasteiger partial charge in [0.15, 0.2) is 0 Å². The molecule has 0 N–H and O–H groups in total. The van der Waals surface area contributed by atoms with Crippen molar-refractivity contribution in [1.82, 2.24) is 0 Å². The van der Waals surface area contributed by atoms with Crippen LogP contribution in [0, 0.1) is 27.6 Å². The van der Waals surface area contributed by atoms with E-state index >= 15 is 0 Å². The van der Waals surface area contributed by atoms with E-state index in [1.165, 1.54) is 31.9 Å². The molecule has 34 heavy (non-hydrogen) atoms. The summed E-state index contributed by atoms with van der Waals surface area (Å²) in [5.41, 5.74) is 1.89. The average Bonchev–Trinajstić information content (AvgIpc) is 2.63. The number of methoxy groups -OCH3 is 1. The minimum absolute atomic E-state index is 0.0408. The lowest BCUT2D eigenvalue weighted by Crippen LogP contribution is -2.41. The molecule has 0 saturated heterocycles. The molecular formula is C30H54O4. The highest BCUT2D eigenvalue weighted by Gasteiger charge is 2.46. The highest BCUT2D eigenvalue weighted by molar-refractivity contribution is 5.91. The standard InChI is InChI=1S/C26H48O2.C4H6O2/c1-23(2,3)20(24(4,5)6)19(21(25(7,8)9)26(10,11)12)22(27)28-18-16-14-13-15-17-18;1-3-4(5)6-2/h18,20H,13-17H2,1-12H3;3H,1H2,2H3. The lowest BCUT2D eigenvalue weighted by atomic mass is 9.58. The molecule has 0 aromatic heterocycles. The fourth-order valence-corrected chi connectivity index (χ4v) is 5.94. The highest BCUT2D eigenvalue weighted by Crippen LogP contribution is 2.51. The zero-order valence-corrected chi connectivity index (χ0v) is 24.6. The minimum Gasteiger partial charge on any atom is -0.466 e. The number of ether oxygens (including phenoxy) is 2.